The van der Waals surface area contributed by atoms with Crippen LogP contribution in [0, 0.1) is 5.82 Å². The molecule has 0 fully saturated rings. The summed E-state index contributed by atoms with van der Waals surface area (Å²) in [6.07, 6.45) is -1.66. The highest BCUT2D eigenvalue weighted by molar-refractivity contribution is 6.66. The standard InChI is InChI=1S/C23H22ClF4N5O3/c1-2-3-9-32-19-15(12-17(24)29-19)21(34)33(22(32)35)10-5-4-6-18-30-20(36-31-18)14-8-7-13(11-16(14)25)23(26,27)28/h7-8,11H,2-6,9-10,12H2,1H3. The Morgan fingerprint density at radius 3 is 2.56 bits per heavy atom. The lowest BCUT2D eigenvalue weighted by molar-refractivity contribution is -0.137. The molecule has 4 rings (SSSR count). The molecule has 0 N–H and O–H groups in total. The first-order chi connectivity index (χ1) is 17.1. The minimum absolute atomic E-state index is 0.160. The topological polar surface area (TPSA) is 95.3 Å². The number of rotatable bonds is 9. The van der Waals surface area contributed by atoms with Crippen LogP contribution in [0.15, 0.2) is 37.3 Å². The first-order valence-corrected chi connectivity index (χ1v) is 11.8. The summed E-state index contributed by atoms with van der Waals surface area (Å²) in [4.78, 5) is 34.1. The van der Waals surface area contributed by atoms with Gasteiger partial charge in [-0.3, -0.25) is 13.9 Å². The highest BCUT2D eigenvalue weighted by atomic mass is 35.5. The van der Waals surface area contributed by atoms with Crippen molar-refractivity contribution < 1.29 is 22.1 Å². The van der Waals surface area contributed by atoms with Crippen molar-refractivity contribution in [3.63, 3.8) is 0 Å². The van der Waals surface area contributed by atoms with Gasteiger partial charge in [-0.2, -0.15) is 18.2 Å². The van der Waals surface area contributed by atoms with Crippen LogP contribution in [-0.4, -0.2) is 24.4 Å². The monoisotopic (exact) mass is 527 g/mol. The van der Waals surface area contributed by atoms with Gasteiger partial charge < -0.3 is 4.52 Å². The second-order valence-corrected chi connectivity index (χ2v) is 8.81. The van der Waals surface area contributed by atoms with Gasteiger partial charge in [-0.15, -0.1) is 0 Å². The lowest BCUT2D eigenvalue weighted by Gasteiger charge is -2.13. The molecule has 0 saturated carbocycles. The third-order valence-electron chi connectivity index (χ3n) is 5.80. The van der Waals surface area contributed by atoms with Crippen molar-refractivity contribution in [3.8, 4) is 11.5 Å². The first-order valence-electron chi connectivity index (χ1n) is 11.4. The molecule has 0 spiro atoms. The maximum atomic E-state index is 14.2. The summed E-state index contributed by atoms with van der Waals surface area (Å²) in [5, 5.41) is 4.01. The van der Waals surface area contributed by atoms with E-state index in [1.54, 1.807) is 0 Å². The number of benzene rings is 1. The van der Waals surface area contributed by atoms with Gasteiger partial charge in [0.25, 0.3) is 11.4 Å². The molecule has 192 valence electrons. The fraction of sp³-hybridized carbons (Fsp3) is 0.435. The van der Waals surface area contributed by atoms with Gasteiger partial charge in [0.15, 0.2) is 5.82 Å². The average Bonchev–Trinajstić information content (AvgIpc) is 3.44. The van der Waals surface area contributed by atoms with E-state index in [9.17, 15) is 27.2 Å². The van der Waals surface area contributed by atoms with E-state index in [-0.39, 0.29) is 35.4 Å². The fourth-order valence-corrected chi connectivity index (χ4v) is 4.14. The van der Waals surface area contributed by atoms with E-state index >= 15 is 0 Å². The van der Waals surface area contributed by atoms with Gasteiger partial charge in [0.2, 0.25) is 0 Å². The highest BCUT2D eigenvalue weighted by Gasteiger charge is 2.31. The molecule has 0 radical (unpaired) electrons. The zero-order valence-electron chi connectivity index (χ0n) is 19.2. The summed E-state index contributed by atoms with van der Waals surface area (Å²) in [5.41, 5.74) is -1.81. The van der Waals surface area contributed by atoms with Gasteiger partial charge in [-0.1, -0.05) is 30.1 Å². The Kier molecular flexibility index (Phi) is 7.43. The smallest absolute Gasteiger partial charge is 0.334 e. The van der Waals surface area contributed by atoms with Crippen LogP contribution >= 0.6 is 11.6 Å². The predicted molar refractivity (Wildman–Crippen MR) is 124 cm³/mol. The van der Waals surface area contributed by atoms with Gasteiger partial charge in [0.05, 0.1) is 16.7 Å². The van der Waals surface area contributed by atoms with Gasteiger partial charge in [-0.25, -0.2) is 14.2 Å². The molecular weight excluding hydrogens is 506 g/mol. The summed E-state index contributed by atoms with van der Waals surface area (Å²) in [6.45, 7) is 2.58. The van der Waals surface area contributed by atoms with E-state index in [4.69, 9.17) is 16.1 Å². The number of nitrogens with zero attached hydrogens (tertiary/aromatic N) is 5. The molecule has 0 saturated heterocycles. The van der Waals surface area contributed by atoms with Crippen LogP contribution in [0.5, 0.6) is 0 Å². The van der Waals surface area contributed by atoms with E-state index in [1.807, 2.05) is 6.92 Å². The molecule has 0 unspecified atom stereocenters. The Morgan fingerprint density at radius 2 is 1.86 bits per heavy atom. The van der Waals surface area contributed by atoms with E-state index in [2.05, 4.69) is 15.1 Å². The zero-order chi connectivity index (χ0) is 26.0. The highest BCUT2D eigenvalue weighted by Crippen LogP contribution is 2.32. The molecule has 8 nitrogen and oxygen atoms in total. The number of aryl methyl sites for hydroxylation is 1. The van der Waals surface area contributed by atoms with E-state index < -0.39 is 28.8 Å². The normalized spacial score (nSPS) is 13.2. The number of fused-ring (bicyclic) bond motifs is 1. The van der Waals surface area contributed by atoms with Gasteiger partial charge >= 0.3 is 11.9 Å². The van der Waals surface area contributed by atoms with Crippen LogP contribution in [0.1, 0.15) is 49.6 Å². The molecular formula is C23H22ClF4N5O3. The van der Waals surface area contributed by atoms with Gasteiger partial charge in [-0.05, 0) is 37.5 Å². The zero-order valence-corrected chi connectivity index (χ0v) is 20.0. The molecule has 0 aliphatic carbocycles. The lowest BCUT2D eigenvalue weighted by Crippen LogP contribution is -2.41. The largest absolute Gasteiger partial charge is 0.416 e. The van der Waals surface area contributed by atoms with Gasteiger partial charge in [0.1, 0.15) is 16.8 Å². The van der Waals surface area contributed by atoms with Crippen LogP contribution in [0.4, 0.5) is 23.4 Å². The van der Waals surface area contributed by atoms with Crippen molar-refractivity contribution in [3.05, 3.63) is 61.8 Å². The Labute approximate surface area is 207 Å². The minimum Gasteiger partial charge on any atom is -0.334 e. The molecule has 1 aliphatic heterocycles. The number of aromatic nitrogens is 4. The molecule has 0 amide bonds. The number of halogens is 5. The molecule has 1 aliphatic rings. The molecule has 13 heteroatoms. The average molecular weight is 528 g/mol. The summed E-state index contributed by atoms with van der Waals surface area (Å²) in [6, 6.07) is 2.05. The Morgan fingerprint density at radius 1 is 1.11 bits per heavy atom. The van der Waals surface area contributed by atoms with Crippen molar-refractivity contribution >= 4 is 22.6 Å². The number of hydrogen-bond acceptors (Lipinski definition) is 6. The Bertz CT molecular complexity index is 1420. The maximum Gasteiger partial charge on any atom is 0.416 e. The maximum absolute atomic E-state index is 14.2. The lowest BCUT2D eigenvalue weighted by atomic mass is 10.1. The fourth-order valence-electron chi connectivity index (χ4n) is 3.93. The van der Waals surface area contributed by atoms with Gasteiger partial charge in [0, 0.05) is 25.9 Å². The summed E-state index contributed by atoms with van der Waals surface area (Å²) >= 11 is 6.03. The molecule has 0 bridgehead atoms. The number of hydrogen-bond donors (Lipinski definition) is 0. The Hall–Kier alpha value is -3.28. The minimum atomic E-state index is -4.67. The van der Waals surface area contributed by atoms with Crippen LogP contribution in [-0.2, 0) is 32.1 Å². The number of aliphatic imine (C=N–C) groups is 1. The first kappa shape index (κ1) is 25.8. The quantitative estimate of drug-likeness (QED) is 0.292. The van der Waals surface area contributed by atoms with E-state index in [0.29, 0.717) is 43.3 Å². The summed E-state index contributed by atoms with van der Waals surface area (Å²) in [5.74, 6) is -0.804. The SMILES string of the molecule is CCCCn1c2c(c(=O)n(CCCCc3noc(-c4ccc(C(F)(F)F)cc4F)n3)c1=O)CC(Cl)=N2. The number of alkyl halides is 3. The third kappa shape index (κ3) is 5.28. The van der Waals surface area contributed by atoms with Crippen LogP contribution < -0.4 is 11.2 Å². The van der Waals surface area contributed by atoms with Crippen LogP contribution in [0.2, 0.25) is 0 Å². The Balaban J connectivity index is 1.43. The van der Waals surface area contributed by atoms with Crippen molar-refractivity contribution in [2.75, 3.05) is 0 Å². The molecule has 1 aromatic carbocycles. The summed E-state index contributed by atoms with van der Waals surface area (Å²) in [7, 11) is 0. The second kappa shape index (κ2) is 10.4. The molecule has 2 aromatic heterocycles. The van der Waals surface area contributed by atoms with Crippen molar-refractivity contribution in [2.45, 2.75) is 64.7 Å². The molecule has 3 heterocycles. The third-order valence-corrected chi connectivity index (χ3v) is 6.02. The second-order valence-electron chi connectivity index (χ2n) is 8.38. The molecule has 3 aromatic rings. The van der Waals surface area contributed by atoms with Crippen LogP contribution in [0.3, 0.4) is 0 Å². The van der Waals surface area contributed by atoms with Crippen LogP contribution in [0.25, 0.3) is 11.5 Å². The predicted octanol–water partition coefficient (Wildman–Crippen LogP) is 4.87. The van der Waals surface area contributed by atoms with Crippen molar-refractivity contribution in [2.24, 2.45) is 4.99 Å². The number of unbranched alkanes of at least 4 members (excludes halogenated alkanes) is 2. The molecule has 36 heavy (non-hydrogen) atoms. The van der Waals surface area contributed by atoms with E-state index in [1.165, 1.54) is 9.13 Å². The van der Waals surface area contributed by atoms with E-state index in [0.717, 1.165) is 25.0 Å². The van der Waals surface area contributed by atoms with Crippen molar-refractivity contribution in [1.29, 1.82) is 0 Å². The molecule has 0 atom stereocenters. The van der Waals surface area contributed by atoms with Crippen molar-refractivity contribution in [1.82, 2.24) is 19.3 Å². The summed E-state index contributed by atoms with van der Waals surface area (Å²) < 4.78 is 60.1.